The van der Waals surface area contributed by atoms with Gasteiger partial charge in [0.15, 0.2) is 0 Å². The van der Waals surface area contributed by atoms with Crippen LogP contribution in [0.15, 0.2) is 42.2 Å². The van der Waals surface area contributed by atoms with Crippen LogP contribution in [0.25, 0.3) is 0 Å². The Labute approximate surface area is 149 Å². The summed E-state index contributed by atoms with van der Waals surface area (Å²) in [6.45, 7) is 4.49. The van der Waals surface area contributed by atoms with E-state index >= 15 is 0 Å². The Hall–Kier alpha value is -2.05. The normalized spacial score (nSPS) is 21.1. The monoisotopic (exact) mass is 344 g/mol. The molecule has 0 atom stereocenters. The smallest absolute Gasteiger partial charge is 0.124 e. The summed E-state index contributed by atoms with van der Waals surface area (Å²) >= 11 is 0. The first-order chi connectivity index (χ1) is 12.1. The van der Waals surface area contributed by atoms with Gasteiger partial charge >= 0.3 is 0 Å². The van der Waals surface area contributed by atoms with Crippen LogP contribution in [0, 0.1) is 5.41 Å². The number of hydrogen-bond acceptors (Lipinski definition) is 5. The van der Waals surface area contributed by atoms with E-state index < -0.39 is 5.60 Å². The third-order valence-corrected chi connectivity index (χ3v) is 5.12. The lowest BCUT2D eigenvalue weighted by Crippen LogP contribution is -2.45. The molecule has 2 saturated heterocycles. The molecule has 2 heterocycles. The van der Waals surface area contributed by atoms with Crippen molar-refractivity contribution < 1.29 is 9.84 Å². The molecule has 1 aromatic carbocycles. The molecule has 0 aliphatic carbocycles. The second-order valence-electron chi connectivity index (χ2n) is 6.65. The molecule has 0 amide bonds. The number of piperidine rings is 1. The van der Waals surface area contributed by atoms with E-state index in [4.69, 9.17) is 10.1 Å². The summed E-state index contributed by atoms with van der Waals surface area (Å²) in [7, 11) is 1.89. The summed E-state index contributed by atoms with van der Waals surface area (Å²) in [5.41, 5.74) is 0.193. The van der Waals surface area contributed by atoms with Crippen LogP contribution in [-0.2, 0) is 10.3 Å². The Kier molecular flexibility index (Phi) is 5.60. The number of rotatable bonds is 4. The average Bonchev–Trinajstić information content (AvgIpc) is 2.68. The summed E-state index contributed by atoms with van der Waals surface area (Å²) < 4.78 is 5.39. The Morgan fingerprint density at radius 3 is 2.36 bits per heavy atom. The summed E-state index contributed by atoms with van der Waals surface area (Å²) in [4.78, 5) is 4.25. The van der Waals surface area contributed by atoms with Crippen LogP contribution < -0.4 is 5.32 Å². The number of amidine groups is 1. The van der Waals surface area contributed by atoms with Crippen molar-refractivity contribution in [3.8, 4) is 0 Å². The number of morpholine rings is 1. The molecule has 0 aromatic heterocycles. The lowest BCUT2D eigenvalue weighted by Gasteiger charge is -2.39. The maximum atomic E-state index is 10.9. The van der Waals surface area contributed by atoms with Crippen molar-refractivity contribution in [1.82, 2.24) is 15.1 Å². The second kappa shape index (κ2) is 7.89. The number of ether oxygens (including phenoxy) is 1. The van der Waals surface area contributed by atoms with Crippen molar-refractivity contribution in [2.24, 2.45) is 0 Å². The van der Waals surface area contributed by atoms with E-state index in [9.17, 15) is 5.11 Å². The molecule has 0 bridgehead atoms. The van der Waals surface area contributed by atoms with E-state index in [-0.39, 0.29) is 0 Å². The second-order valence-corrected chi connectivity index (χ2v) is 6.65. The lowest BCUT2D eigenvalue weighted by molar-refractivity contribution is -0.0121. The number of aliphatic hydroxyl groups is 1. The van der Waals surface area contributed by atoms with Crippen molar-refractivity contribution in [3.05, 3.63) is 47.8 Å². The highest BCUT2D eigenvalue weighted by Crippen LogP contribution is 2.32. The molecule has 2 aliphatic heterocycles. The van der Waals surface area contributed by atoms with Gasteiger partial charge in [-0.15, -0.1) is 0 Å². The maximum Gasteiger partial charge on any atom is 0.124 e. The van der Waals surface area contributed by atoms with Gasteiger partial charge in [0.2, 0.25) is 0 Å². The first-order valence-corrected chi connectivity index (χ1v) is 8.96. The van der Waals surface area contributed by atoms with Gasteiger partial charge in [-0.1, -0.05) is 30.3 Å². The van der Waals surface area contributed by atoms with Gasteiger partial charge in [0.1, 0.15) is 11.7 Å². The maximum absolute atomic E-state index is 10.9. The van der Waals surface area contributed by atoms with E-state index in [2.05, 4.69) is 10.2 Å². The standard InChI is InChI=1S/C19H28N4O2/c1-21-18(23-11-13-25-14-12-23)15-17(20)22-9-7-19(24,8-10-22)16-5-3-2-4-6-16/h2-6,15,20-21,24H,7-14H2,1H3/b18-15+,20-17?. The van der Waals surface area contributed by atoms with Crippen molar-refractivity contribution in [3.63, 3.8) is 0 Å². The SMILES string of the molecule is CN/C(=C\C(=N)N1CCC(O)(c2ccccc2)CC1)N1CCOCC1. The molecular weight excluding hydrogens is 316 g/mol. The van der Waals surface area contributed by atoms with E-state index in [1.807, 2.05) is 48.4 Å². The minimum Gasteiger partial charge on any atom is -0.385 e. The summed E-state index contributed by atoms with van der Waals surface area (Å²) in [5, 5.41) is 22.6. The molecule has 6 heteroatoms. The van der Waals surface area contributed by atoms with Crippen molar-refractivity contribution in [2.75, 3.05) is 46.4 Å². The largest absolute Gasteiger partial charge is 0.385 e. The van der Waals surface area contributed by atoms with Crippen LogP contribution in [0.1, 0.15) is 18.4 Å². The van der Waals surface area contributed by atoms with Crippen LogP contribution in [-0.4, -0.2) is 67.2 Å². The van der Waals surface area contributed by atoms with Crippen molar-refractivity contribution in [2.45, 2.75) is 18.4 Å². The fraction of sp³-hybridized carbons (Fsp3) is 0.526. The number of hydrogen-bond donors (Lipinski definition) is 3. The van der Waals surface area contributed by atoms with E-state index in [0.717, 1.165) is 37.7 Å². The molecule has 25 heavy (non-hydrogen) atoms. The highest BCUT2D eigenvalue weighted by molar-refractivity contribution is 5.90. The number of nitrogens with one attached hydrogen (secondary N) is 2. The first kappa shape index (κ1) is 17.8. The lowest BCUT2D eigenvalue weighted by atomic mass is 9.84. The predicted octanol–water partition coefficient (Wildman–Crippen LogP) is 1.34. The van der Waals surface area contributed by atoms with Crippen LogP contribution in [0.5, 0.6) is 0 Å². The van der Waals surface area contributed by atoms with Gasteiger partial charge in [-0.05, 0) is 18.4 Å². The molecule has 2 aliphatic rings. The van der Waals surface area contributed by atoms with Crippen LogP contribution in [0.3, 0.4) is 0 Å². The van der Waals surface area contributed by atoms with Gasteiger partial charge in [-0.25, -0.2) is 0 Å². The van der Waals surface area contributed by atoms with E-state index in [1.54, 1.807) is 0 Å². The Morgan fingerprint density at radius 2 is 1.76 bits per heavy atom. The molecule has 136 valence electrons. The third kappa shape index (κ3) is 4.14. The molecule has 3 rings (SSSR count). The van der Waals surface area contributed by atoms with Crippen LogP contribution >= 0.6 is 0 Å². The molecule has 2 fully saturated rings. The number of nitrogens with zero attached hydrogens (tertiary/aromatic N) is 2. The van der Waals surface area contributed by atoms with E-state index in [0.29, 0.717) is 31.8 Å². The number of benzene rings is 1. The van der Waals surface area contributed by atoms with Gasteiger partial charge in [0, 0.05) is 39.3 Å². The van der Waals surface area contributed by atoms with Gasteiger partial charge in [0.25, 0.3) is 0 Å². The highest BCUT2D eigenvalue weighted by atomic mass is 16.5. The van der Waals surface area contributed by atoms with E-state index in [1.165, 1.54) is 0 Å². The first-order valence-electron chi connectivity index (χ1n) is 8.96. The Balaban J connectivity index is 1.62. The summed E-state index contributed by atoms with van der Waals surface area (Å²) in [6, 6.07) is 9.86. The Bertz CT molecular complexity index is 603. The molecule has 0 spiro atoms. The summed E-state index contributed by atoms with van der Waals surface area (Å²) in [6.07, 6.45) is 3.16. The fourth-order valence-electron chi connectivity index (χ4n) is 3.50. The quantitative estimate of drug-likeness (QED) is 0.568. The zero-order valence-corrected chi connectivity index (χ0v) is 14.9. The number of likely N-dealkylation sites (tertiary alicyclic amines) is 1. The fourth-order valence-corrected chi connectivity index (χ4v) is 3.50. The molecular formula is C19H28N4O2. The summed E-state index contributed by atoms with van der Waals surface area (Å²) in [5.74, 6) is 1.45. The van der Waals surface area contributed by atoms with Gasteiger partial charge in [-0.2, -0.15) is 0 Å². The molecule has 0 unspecified atom stereocenters. The van der Waals surface area contributed by atoms with Gasteiger partial charge < -0.3 is 25.0 Å². The molecule has 0 radical (unpaired) electrons. The third-order valence-electron chi connectivity index (χ3n) is 5.12. The van der Waals surface area contributed by atoms with Crippen LogP contribution in [0.4, 0.5) is 0 Å². The van der Waals surface area contributed by atoms with Crippen molar-refractivity contribution in [1.29, 1.82) is 5.41 Å². The van der Waals surface area contributed by atoms with Gasteiger partial charge in [0.05, 0.1) is 18.8 Å². The predicted molar refractivity (Wildman–Crippen MR) is 98.4 cm³/mol. The zero-order chi connectivity index (χ0) is 17.7. The Morgan fingerprint density at radius 1 is 1.12 bits per heavy atom. The van der Waals surface area contributed by atoms with Crippen molar-refractivity contribution >= 4 is 5.84 Å². The van der Waals surface area contributed by atoms with Gasteiger partial charge in [-0.3, -0.25) is 5.41 Å². The minimum absolute atomic E-state index is 0.492. The topological polar surface area (TPSA) is 71.8 Å². The average molecular weight is 344 g/mol. The zero-order valence-electron chi connectivity index (χ0n) is 14.9. The highest BCUT2D eigenvalue weighted by Gasteiger charge is 2.34. The molecule has 3 N–H and O–H groups in total. The van der Waals surface area contributed by atoms with Crippen LogP contribution in [0.2, 0.25) is 0 Å². The molecule has 6 nitrogen and oxygen atoms in total. The molecule has 1 aromatic rings. The molecule has 0 saturated carbocycles. The minimum atomic E-state index is -0.780.